The van der Waals surface area contributed by atoms with Crippen molar-refractivity contribution < 1.29 is 14.7 Å². The lowest BCUT2D eigenvalue weighted by Gasteiger charge is -2.26. The number of urea groups is 1. The van der Waals surface area contributed by atoms with Gasteiger partial charge in [0.25, 0.3) is 0 Å². The van der Waals surface area contributed by atoms with Gasteiger partial charge in [0.05, 0.1) is 5.56 Å². The van der Waals surface area contributed by atoms with Gasteiger partial charge in [0, 0.05) is 23.8 Å². The molecule has 0 aromatic heterocycles. The predicted molar refractivity (Wildman–Crippen MR) is 76.0 cm³/mol. The maximum Gasteiger partial charge on any atom is 0.335 e. The van der Waals surface area contributed by atoms with E-state index in [-0.39, 0.29) is 10.6 Å². The van der Waals surface area contributed by atoms with Crippen molar-refractivity contribution in [1.82, 2.24) is 10.4 Å². The van der Waals surface area contributed by atoms with Gasteiger partial charge >= 0.3 is 12.0 Å². The van der Waals surface area contributed by atoms with Crippen LogP contribution in [-0.4, -0.2) is 35.2 Å². The Morgan fingerprint density at radius 1 is 1.15 bits per heavy atom. The molecule has 0 saturated carbocycles. The molecule has 108 valence electrons. The minimum atomic E-state index is -1.09. The molecule has 0 atom stereocenters. The van der Waals surface area contributed by atoms with Gasteiger partial charge in [0.1, 0.15) is 0 Å². The van der Waals surface area contributed by atoms with Gasteiger partial charge in [-0.1, -0.05) is 18.0 Å². The van der Waals surface area contributed by atoms with Crippen LogP contribution in [-0.2, 0) is 0 Å². The molecule has 0 radical (unpaired) electrons. The number of amides is 2. The van der Waals surface area contributed by atoms with Crippen LogP contribution in [0.15, 0.2) is 18.2 Å². The van der Waals surface area contributed by atoms with E-state index in [1.54, 1.807) is 0 Å². The van der Waals surface area contributed by atoms with Crippen LogP contribution in [0.4, 0.5) is 10.5 Å². The Hall–Kier alpha value is -1.79. The fraction of sp³-hybridized carbons (Fsp3) is 0.385. The zero-order chi connectivity index (χ0) is 14.5. The number of hydrogen-bond donors (Lipinski definition) is 3. The van der Waals surface area contributed by atoms with E-state index in [0.29, 0.717) is 5.69 Å². The number of nitrogens with zero attached hydrogens (tertiary/aromatic N) is 1. The third kappa shape index (κ3) is 4.11. The highest BCUT2D eigenvalue weighted by Crippen LogP contribution is 2.19. The number of carbonyl (C=O) groups excluding carboxylic acids is 1. The number of halogens is 1. The monoisotopic (exact) mass is 297 g/mol. The Bertz CT molecular complexity index is 516. The van der Waals surface area contributed by atoms with Crippen LogP contribution in [0, 0.1) is 0 Å². The number of carbonyl (C=O) groups is 2. The average molecular weight is 298 g/mol. The van der Waals surface area contributed by atoms with E-state index in [4.69, 9.17) is 16.7 Å². The second-order valence-electron chi connectivity index (χ2n) is 4.65. The summed E-state index contributed by atoms with van der Waals surface area (Å²) in [5.41, 5.74) is 3.11. The fourth-order valence-electron chi connectivity index (χ4n) is 2.09. The molecular weight excluding hydrogens is 282 g/mol. The van der Waals surface area contributed by atoms with Gasteiger partial charge in [0.2, 0.25) is 0 Å². The molecule has 0 bridgehead atoms. The Labute approximate surface area is 121 Å². The highest BCUT2D eigenvalue weighted by Gasteiger charge is 2.13. The highest BCUT2D eigenvalue weighted by atomic mass is 35.5. The SMILES string of the molecule is O=C(Nc1cc(Cl)cc(C(=O)O)c1)NN1CCCCC1. The van der Waals surface area contributed by atoms with Crippen LogP contribution < -0.4 is 10.7 Å². The summed E-state index contributed by atoms with van der Waals surface area (Å²) >= 11 is 5.82. The third-order valence-electron chi connectivity index (χ3n) is 3.02. The van der Waals surface area contributed by atoms with Gasteiger partial charge in [-0.15, -0.1) is 0 Å². The highest BCUT2D eigenvalue weighted by molar-refractivity contribution is 6.31. The number of hydrogen-bond acceptors (Lipinski definition) is 3. The predicted octanol–water partition coefficient (Wildman–Crippen LogP) is 2.56. The third-order valence-corrected chi connectivity index (χ3v) is 3.24. The number of nitrogens with one attached hydrogen (secondary N) is 2. The van der Waals surface area contributed by atoms with Crippen molar-refractivity contribution in [3.05, 3.63) is 28.8 Å². The number of anilines is 1. The molecule has 1 aliphatic heterocycles. The van der Waals surface area contributed by atoms with Crippen LogP contribution in [0.25, 0.3) is 0 Å². The van der Waals surface area contributed by atoms with Crippen LogP contribution in [0.1, 0.15) is 29.6 Å². The van der Waals surface area contributed by atoms with E-state index in [1.165, 1.54) is 24.6 Å². The number of aromatic carboxylic acids is 1. The van der Waals surface area contributed by atoms with Crippen molar-refractivity contribution in [2.45, 2.75) is 19.3 Å². The summed E-state index contributed by atoms with van der Waals surface area (Å²) in [5, 5.41) is 13.6. The molecule has 1 fully saturated rings. The summed E-state index contributed by atoms with van der Waals surface area (Å²) in [7, 11) is 0. The minimum Gasteiger partial charge on any atom is -0.478 e. The fourth-order valence-corrected chi connectivity index (χ4v) is 2.33. The summed E-state index contributed by atoms with van der Waals surface area (Å²) in [6.07, 6.45) is 3.29. The number of piperidine rings is 1. The van der Waals surface area contributed by atoms with E-state index < -0.39 is 12.0 Å². The number of carboxylic acids is 1. The molecule has 0 spiro atoms. The first-order chi connectivity index (χ1) is 9.54. The average Bonchev–Trinajstić information content (AvgIpc) is 2.38. The summed E-state index contributed by atoms with van der Waals surface area (Å²) in [5.74, 6) is -1.09. The summed E-state index contributed by atoms with van der Waals surface area (Å²) in [6, 6.07) is 3.80. The molecule has 20 heavy (non-hydrogen) atoms. The molecule has 7 heteroatoms. The first kappa shape index (κ1) is 14.6. The van der Waals surface area contributed by atoms with E-state index in [0.717, 1.165) is 25.9 Å². The maximum absolute atomic E-state index is 11.8. The van der Waals surface area contributed by atoms with Gasteiger partial charge < -0.3 is 10.4 Å². The molecule has 0 unspecified atom stereocenters. The van der Waals surface area contributed by atoms with Gasteiger partial charge in [-0.2, -0.15) is 0 Å². The second-order valence-corrected chi connectivity index (χ2v) is 5.08. The number of carboxylic acid groups (broad SMARTS) is 1. The largest absolute Gasteiger partial charge is 0.478 e. The topological polar surface area (TPSA) is 81.7 Å². The molecule has 1 aromatic carbocycles. The van der Waals surface area contributed by atoms with Crippen molar-refractivity contribution >= 4 is 29.3 Å². The van der Waals surface area contributed by atoms with Crippen molar-refractivity contribution in [1.29, 1.82) is 0 Å². The molecule has 1 saturated heterocycles. The molecule has 2 rings (SSSR count). The molecule has 1 heterocycles. The molecular formula is C13H16ClN3O3. The standard InChI is InChI=1S/C13H16ClN3O3/c14-10-6-9(12(18)19)7-11(8-10)15-13(20)16-17-4-2-1-3-5-17/h6-8H,1-5H2,(H,18,19)(H2,15,16,20). The van der Waals surface area contributed by atoms with Crippen LogP contribution >= 0.6 is 11.6 Å². The first-order valence-corrected chi connectivity index (χ1v) is 6.79. The molecule has 1 aromatic rings. The molecule has 6 nitrogen and oxygen atoms in total. The molecule has 1 aliphatic rings. The number of hydrazine groups is 1. The van der Waals surface area contributed by atoms with Crippen molar-refractivity contribution in [2.24, 2.45) is 0 Å². The maximum atomic E-state index is 11.8. The summed E-state index contributed by atoms with van der Waals surface area (Å²) in [6.45, 7) is 1.65. The minimum absolute atomic E-state index is 0.0331. The normalized spacial score (nSPS) is 15.7. The van der Waals surface area contributed by atoms with E-state index >= 15 is 0 Å². The second kappa shape index (κ2) is 6.58. The first-order valence-electron chi connectivity index (χ1n) is 6.41. The molecule has 2 amide bonds. The quantitative estimate of drug-likeness (QED) is 0.801. The lowest BCUT2D eigenvalue weighted by Crippen LogP contribution is -2.46. The van der Waals surface area contributed by atoms with Gasteiger partial charge in [-0.05, 0) is 31.0 Å². The van der Waals surface area contributed by atoms with Crippen molar-refractivity contribution in [2.75, 3.05) is 18.4 Å². The Balaban J connectivity index is 1.98. The molecule has 3 N–H and O–H groups in total. The van der Waals surface area contributed by atoms with Crippen molar-refractivity contribution in [3.63, 3.8) is 0 Å². The molecule has 0 aliphatic carbocycles. The van der Waals surface area contributed by atoms with E-state index in [1.807, 2.05) is 5.01 Å². The van der Waals surface area contributed by atoms with E-state index in [9.17, 15) is 9.59 Å². The van der Waals surface area contributed by atoms with Gasteiger partial charge in [-0.25, -0.2) is 14.6 Å². The lowest BCUT2D eigenvalue weighted by atomic mass is 10.2. The van der Waals surface area contributed by atoms with Crippen LogP contribution in [0.2, 0.25) is 5.02 Å². The van der Waals surface area contributed by atoms with E-state index in [2.05, 4.69) is 10.7 Å². The smallest absolute Gasteiger partial charge is 0.335 e. The number of benzene rings is 1. The number of rotatable bonds is 3. The lowest BCUT2D eigenvalue weighted by molar-refractivity contribution is 0.0697. The Morgan fingerprint density at radius 3 is 2.50 bits per heavy atom. The van der Waals surface area contributed by atoms with Crippen molar-refractivity contribution in [3.8, 4) is 0 Å². The van der Waals surface area contributed by atoms with Gasteiger partial charge in [0.15, 0.2) is 0 Å². The zero-order valence-electron chi connectivity index (χ0n) is 10.9. The Kier molecular flexibility index (Phi) is 4.81. The zero-order valence-corrected chi connectivity index (χ0v) is 11.6. The van der Waals surface area contributed by atoms with Gasteiger partial charge in [-0.3, -0.25) is 5.43 Å². The van der Waals surface area contributed by atoms with Crippen LogP contribution in [0.3, 0.4) is 0 Å². The summed E-state index contributed by atoms with van der Waals surface area (Å²) in [4.78, 5) is 22.7. The summed E-state index contributed by atoms with van der Waals surface area (Å²) < 4.78 is 0. The van der Waals surface area contributed by atoms with Crippen LogP contribution in [0.5, 0.6) is 0 Å². The Morgan fingerprint density at radius 2 is 1.85 bits per heavy atom.